The number of pyridine rings is 1. The monoisotopic (exact) mass is 539 g/mol. The number of anilines is 3. The van der Waals surface area contributed by atoms with Crippen molar-refractivity contribution in [2.24, 2.45) is 0 Å². The lowest BCUT2D eigenvalue weighted by Crippen LogP contribution is -2.39. The number of aromatic nitrogens is 2. The molecule has 0 spiro atoms. The topological polar surface area (TPSA) is 129 Å². The van der Waals surface area contributed by atoms with E-state index in [-0.39, 0.29) is 11.7 Å². The van der Waals surface area contributed by atoms with Crippen LogP contribution in [-0.2, 0) is 11.3 Å². The zero-order valence-electron chi connectivity index (χ0n) is 22.1. The third-order valence-corrected chi connectivity index (χ3v) is 5.68. The van der Waals surface area contributed by atoms with Crippen molar-refractivity contribution in [1.82, 2.24) is 19.8 Å². The van der Waals surface area contributed by atoms with Crippen LogP contribution in [0.1, 0.15) is 36.8 Å². The molecule has 0 aliphatic carbocycles. The molecule has 3 rings (SSSR count). The molecule has 0 aliphatic heterocycles. The van der Waals surface area contributed by atoms with Crippen molar-refractivity contribution < 1.29 is 19.1 Å². The Morgan fingerprint density at radius 2 is 1.66 bits per heavy atom. The number of rotatable bonds is 9. The maximum Gasteiger partial charge on any atom is 0.412 e. The average Bonchev–Trinajstić information content (AvgIpc) is 3.35. The van der Waals surface area contributed by atoms with Gasteiger partial charge in [0.1, 0.15) is 11.3 Å². The van der Waals surface area contributed by atoms with Gasteiger partial charge in [-0.1, -0.05) is 18.2 Å². The molecule has 0 saturated carbocycles. The van der Waals surface area contributed by atoms with Crippen molar-refractivity contribution in [3.63, 3.8) is 0 Å². The summed E-state index contributed by atoms with van der Waals surface area (Å²) >= 11 is 1.34. The average molecular weight is 540 g/mol. The molecule has 4 amide bonds. The molecule has 2 heterocycles. The minimum Gasteiger partial charge on any atom is -0.444 e. The zero-order valence-corrected chi connectivity index (χ0v) is 23.0. The fourth-order valence-corrected chi connectivity index (χ4v) is 3.72. The second kappa shape index (κ2) is 13.0. The van der Waals surface area contributed by atoms with Gasteiger partial charge in [0, 0.05) is 37.4 Å². The Kier molecular flexibility index (Phi) is 9.74. The van der Waals surface area contributed by atoms with E-state index in [2.05, 4.69) is 25.9 Å². The highest BCUT2D eigenvalue weighted by atomic mass is 32.1. The Hall–Kier alpha value is -4.03. The van der Waals surface area contributed by atoms with Gasteiger partial charge < -0.3 is 19.9 Å². The van der Waals surface area contributed by atoms with Crippen LogP contribution in [-0.4, -0.2) is 70.6 Å². The lowest BCUT2D eigenvalue weighted by atomic mass is 10.2. The molecule has 0 fully saturated rings. The fraction of sp³-hybridized carbons (Fsp3) is 0.346. The number of likely N-dealkylation sites (N-methyl/N-ethyl adjacent to an activating group) is 1. The predicted octanol–water partition coefficient (Wildman–Crippen LogP) is 4.73. The molecular formula is C26H33N7O4S. The van der Waals surface area contributed by atoms with Crippen LogP contribution in [0, 0.1) is 0 Å². The molecule has 0 unspecified atom stereocenters. The number of thiazole rings is 1. The van der Waals surface area contributed by atoms with E-state index in [0.29, 0.717) is 36.1 Å². The maximum absolute atomic E-state index is 12.9. The number of hydrogen-bond acceptors (Lipinski definition) is 8. The second-order valence-corrected chi connectivity index (χ2v) is 10.6. The number of carbonyl (C=O) groups excluding carboxylic acids is 3. The SMILES string of the molecule is CN(C)CCN(Cc1ccc(C(=O)Nc2ccccc2NC(=O)OC(C)(C)C)nc1)C(=O)Nc1nccs1. The molecule has 1 aromatic carbocycles. The van der Waals surface area contributed by atoms with E-state index < -0.39 is 17.6 Å². The van der Waals surface area contributed by atoms with Gasteiger partial charge in [0.05, 0.1) is 11.4 Å². The van der Waals surface area contributed by atoms with Crippen molar-refractivity contribution >= 4 is 45.9 Å². The van der Waals surface area contributed by atoms with Crippen molar-refractivity contribution in [2.75, 3.05) is 43.1 Å². The second-order valence-electron chi connectivity index (χ2n) is 9.67. The number of amides is 4. The summed E-state index contributed by atoms with van der Waals surface area (Å²) in [7, 11) is 3.88. The largest absolute Gasteiger partial charge is 0.444 e. The van der Waals surface area contributed by atoms with E-state index in [9.17, 15) is 14.4 Å². The predicted molar refractivity (Wildman–Crippen MR) is 149 cm³/mol. The molecule has 0 saturated heterocycles. The van der Waals surface area contributed by atoms with Crippen LogP contribution >= 0.6 is 11.3 Å². The van der Waals surface area contributed by atoms with Crippen LogP contribution in [0.4, 0.5) is 26.1 Å². The van der Waals surface area contributed by atoms with Gasteiger partial charge >= 0.3 is 12.1 Å². The molecule has 0 radical (unpaired) electrons. The first-order valence-corrected chi connectivity index (χ1v) is 12.8. The molecule has 2 aromatic heterocycles. The molecular weight excluding hydrogens is 506 g/mol. The molecule has 3 aromatic rings. The lowest BCUT2D eigenvalue weighted by Gasteiger charge is -2.24. The van der Waals surface area contributed by atoms with Crippen molar-refractivity contribution in [1.29, 1.82) is 0 Å². The fourth-order valence-electron chi connectivity index (χ4n) is 3.20. The zero-order chi connectivity index (χ0) is 27.7. The molecule has 12 heteroatoms. The van der Waals surface area contributed by atoms with Gasteiger partial charge in [0.15, 0.2) is 5.13 Å². The van der Waals surface area contributed by atoms with Gasteiger partial charge in [-0.25, -0.2) is 14.6 Å². The summed E-state index contributed by atoms with van der Waals surface area (Å²) in [6.07, 6.45) is 2.57. The Morgan fingerprint density at radius 3 is 2.24 bits per heavy atom. The minimum atomic E-state index is -0.655. The van der Waals surface area contributed by atoms with Gasteiger partial charge in [0.25, 0.3) is 5.91 Å². The first-order chi connectivity index (χ1) is 18.0. The van der Waals surface area contributed by atoms with Gasteiger partial charge in [0.2, 0.25) is 0 Å². The van der Waals surface area contributed by atoms with Crippen LogP contribution in [0.25, 0.3) is 0 Å². The quantitative estimate of drug-likeness (QED) is 0.358. The van der Waals surface area contributed by atoms with Gasteiger partial charge in [-0.05, 0) is 58.6 Å². The highest BCUT2D eigenvalue weighted by molar-refractivity contribution is 7.13. The first-order valence-electron chi connectivity index (χ1n) is 12.0. The molecule has 0 atom stereocenters. The van der Waals surface area contributed by atoms with E-state index in [1.54, 1.807) is 79.8 Å². The van der Waals surface area contributed by atoms with Crippen LogP contribution in [0.2, 0.25) is 0 Å². The van der Waals surface area contributed by atoms with E-state index >= 15 is 0 Å². The number of hydrogen-bond donors (Lipinski definition) is 3. The molecule has 11 nitrogen and oxygen atoms in total. The number of benzene rings is 1. The summed E-state index contributed by atoms with van der Waals surface area (Å²) in [5, 5.41) is 10.5. The number of para-hydroxylation sites is 2. The van der Waals surface area contributed by atoms with E-state index in [1.165, 1.54) is 11.3 Å². The summed E-state index contributed by atoms with van der Waals surface area (Å²) in [4.78, 5) is 49.9. The van der Waals surface area contributed by atoms with E-state index in [4.69, 9.17) is 4.74 Å². The molecule has 202 valence electrons. The van der Waals surface area contributed by atoms with Crippen molar-refractivity contribution in [2.45, 2.75) is 32.9 Å². The number of urea groups is 1. The summed E-state index contributed by atoms with van der Waals surface area (Å²) in [6.45, 7) is 6.78. The first kappa shape index (κ1) is 28.5. The highest BCUT2D eigenvalue weighted by Crippen LogP contribution is 2.23. The Labute approximate surface area is 226 Å². The lowest BCUT2D eigenvalue weighted by molar-refractivity contribution is 0.0635. The number of ether oxygens (including phenoxy) is 1. The van der Waals surface area contributed by atoms with Crippen LogP contribution in [0.3, 0.4) is 0 Å². The highest BCUT2D eigenvalue weighted by Gasteiger charge is 2.19. The standard InChI is InChI=1S/C26H33N7O4S/c1-26(2,3)37-25(36)30-20-9-7-6-8-19(20)29-22(34)21-11-10-18(16-28-21)17-33(14-13-32(4)5)24(35)31-23-27-12-15-38-23/h6-12,15-16H,13-14,17H2,1-5H3,(H,29,34)(H,30,36)(H,27,31,35). The van der Waals surface area contributed by atoms with Crippen molar-refractivity contribution in [3.8, 4) is 0 Å². The van der Waals surface area contributed by atoms with Gasteiger partial charge in [-0.15, -0.1) is 11.3 Å². The smallest absolute Gasteiger partial charge is 0.412 e. The van der Waals surface area contributed by atoms with Crippen molar-refractivity contribution in [3.05, 3.63) is 65.4 Å². The summed E-state index contributed by atoms with van der Waals surface area (Å²) in [5.41, 5.74) is 1.10. The number of nitrogens with zero attached hydrogens (tertiary/aromatic N) is 4. The van der Waals surface area contributed by atoms with E-state index in [0.717, 1.165) is 5.56 Å². The summed E-state index contributed by atoms with van der Waals surface area (Å²) in [5.74, 6) is -0.444. The summed E-state index contributed by atoms with van der Waals surface area (Å²) < 4.78 is 5.29. The molecule has 0 aliphatic rings. The Morgan fingerprint density at radius 1 is 0.947 bits per heavy atom. The molecule has 3 N–H and O–H groups in total. The minimum absolute atomic E-state index is 0.188. The van der Waals surface area contributed by atoms with Crippen LogP contribution < -0.4 is 16.0 Å². The molecule has 0 bridgehead atoms. The van der Waals surface area contributed by atoms with Crippen LogP contribution in [0.5, 0.6) is 0 Å². The van der Waals surface area contributed by atoms with E-state index in [1.807, 2.05) is 19.0 Å². The number of nitrogens with one attached hydrogen (secondary N) is 3. The third-order valence-electron chi connectivity index (χ3n) is 4.99. The number of carbonyl (C=O) groups is 3. The Balaban J connectivity index is 1.66. The molecule has 38 heavy (non-hydrogen) atoms. The Bertz CT molecular complexity index is 1230. The van der Waals surface area contributed by atoms with Gasteiger partial charge in [-0.3, -0.25) is 20.4 Å². The normalized spacial score (nSPS) is 11.1. The summed E-state index contributed by atoms with van der Waals surface area (Å²) in [6, 6.07) is 9.90. The third kappa shape index (κ3) is 9.12. The van der Waals surface area contributed by atoms with Gasteiger partial charge in [-0.2, -0.15) is 0 Å². The maximum atomic E-state index is 12.9. The van der Waals surface area contributed by atoms with Crippen LogP contribution in [0.15, 0.2) is 54.2 Å².